The van der Waals surface area contributed by atoms with Crippen molar-refractivity contribution in [3.63, 3.8) is 0 Å². The molecule has 0 fully saturated rings. The second-order valence-corrected chi connectivity index (χ2v) is 5.46. The lowest BCUT2D eigenvalue weighted by atomic mass is 10.0. The van der Waals surface area contributed by atoms with E-state index in [1.807, 2.05) is 18.2 Å². The lowest BCUT2D eigenvalue weighted by Gasteiger charge is -2.20. The van der Waals surface area contributed by atoms with Gasteiger partial charge in [-0.25, -0.2) is 0 Å². The summed E-state index contributed by atoms with van der Waals surface area (Å²) in [4.78, 5) is 0. The van der Waals surface area contributed by atoms with Crippen molar-refractivity contribution in [2.45, 2.75) is 32.7 Å². The Hall–Kier alpha value is -1.35. The van der Waals surface area contributed by atoms with Crippen LogP contribution in [-0.4, -0.2) is 14.8 Å². The van der Waals surface area contributed by atoms with Gasteiger partial charge in [-0.15, -0.1) is 10.2 Å². The number of rotatable bonds is 2. The van der Waals surface area contributed by atoms with E-state index in [0.29, 0.717) is 5.92 Å². The molecule has 0 N–H and O–H groups in total. The third kappa shape index (κ3) is 2.15. The zero-order valence-corrected chi connectivity index (χ0v) is 11.2. The zero-order valence-electron chi connectivity index (χ0n) is 10.4. The summed E-state index contributed by atoms with van der Waals surface area (Å²) in [6.45, 7) is 3.31. The summed E-state index contributed by atoms with van der Waals surface area (Å²) in [5.74, 6) is 2.86. The van der Waals surface area contributed by atoms with Gasteiger partial charge in [0.2, 0.25) is 0 Å². The lowest BCUT2D eigenvalue weighted by molar-refractivity contribution is 0.387. The first kappa shape index (κ1) is 11.7. The summed E-state index contributed by atoms with van der Waals surface area (Å²) >= 11 is 6.20. The minimum absolute atomic E-state index is 0.707. The second kappa shape index (κ2) is 4.73. The van der Waals surface area contributed by atoms with Crippen LogP contribution in [0.5, 0.6) is 0 Å². The molecule has 0 spiro atoms. The van der Waals surface area contributed by atoms with E-state index in [-0.39, 0.29) is 0 Å². The summed E-state index contributed by atoms with van der Waals surface area (Å²) in [6, 6.07) is 7.94. The van der Waals surface area contributed by atoms with Crippen LogP contribution >= 0.6 is 11.6 Å². The monoisotopic (exact) mass is 261 g/mol. The number of halogens is 1. The molecule has 1 aromatic carbocycles. The Morgan fingerprint density at radius 1 is 1.33 bits per heavy atom. The van der Waals surface area contributed by atoms with E-state index in [1.54, 1.807) is 0 Å². The third-order valence-corrected chi connectivity index (χ3v) is 3.93. The molecule has 2 aromatic rings. The molecule has 18 heavy (non-hydrogen) atoms. The van der Waals surface area contributed by atoms with E-state index in [2.05, 4.69) is 27.8 Å². The van der Waals surface area contributed by atoms with Crippen LogP contribution < -0.4 is 0 Å². The Bertz CT molecular complexity index is 562. The molecule has 3 rings (SSSR count). The molecule has 1 aromatic heterocycles. The van der Waals surface area contributed by atoms with E-state index in [1.165, 1.54) is 6.42 Å². The van der Waals surface area contributed by atoms with Gasteiger partial charge in [-0.1, -0.05) is 36.7 Å². The highest BCUT2D eigenvalue weighted by Crippen LogP contribution is 2.23. The number of aryl methyl sites for hydroxylation is 1. The van der Waals surface area contributed by atoms with Crippen molar-refractivity contribution in [1.82, 2.24) is 14.8 Å². The Balaban J connectivity index is 1.90. The second-order valence-electron chi connectivity index (χ2n) is 5.06. The smallest absolute Gasteiger partial charge is 0.137 e. The van der Waals surface area contributed by atoms with Crippen molar-refractivity contribution in [3.8, 4) is 0 Å². The standard InChI is InChI=1S/C14H16ClN3/c1-10-6-7-13-16-17-14(18(13)9-10)8-11-4-2-3-5-12(11)15/h2-5,10H,6-9H2,1H3. The van der Waals surface area contributed by atoms with E-state index in [9.17, 15) is 0 Å². The van der Waals surface area contributed by atoms with Crippen molar-refractivity contribution in [2.24, 2.45) is 5.92 Å². The number of aromatic nitrogens is 3. The van der Waals surface area contributed by atoms with Crippen molar-refractivity contribution in [2.75, 3.05) is 0 Å². The first-order chi connectivity index (χ1) is 8.74. The van der Waals surface area contributed by atoms with Crippen LogP contribution in [0.15, 0.2) is 24.3 Å². The molecule has 0 saturated heterocycles. The van der Waals surface area contributed by atoms with Crippen molar-refractivity contribution >= 4 is 11.6 Å². The highest BCUT2D eigenvalue weighted by molar-refractivity contribution is 6.31. The quantitative estimate of drug-likeness (QED) is 0.832. The molecular formula is C14H16ClN3. The molecule has 1 aliphatic heterocycles. The first-order valence-electron chi connectivity index (χ1n) is 6.38. The molecular weight excluding hydrogens is 246 g/mol. The Morgan fingerprint density at radius 3 is 3.00 bits per heavy atom. The Kier molecular flexibility index (Phi) is 3.08. The van der Waals surface area contributed by atoms with Gasteiger partial charge in [0.25, 0.3) is 0 Å². The van der Waals surface area contributed by atoms with Gasteiger partial charge in [0, 0.05) is 24.4 Å². The molecule has 0 radical (unpaired) electrons. The number of fused-ring (bicyclic) bond motifs is 1. The minimum atomic E-state index is 0.707. The number of hydrogen-bond acceptors (Lipinski definition) is 2. The van der Waals surface area contributed by atoms with Crippen molar-refractivity contribution in [1.29, 1.82) is 0 Å². The third-order valence-electron chi connectivity index (χ3n) is 3.57. The fourth-order valence-corrected chi connectivity index (χ4v) is 2.69. The molecule has 4 heteroatoms. The highest BCUT2D eigenvalue weighted by atomic mass is 35.5. The van der Waals surface area contributed by atoms with Crippen LogP contribution in [0.1, 0.15) is 30.6 Å². The SMILES string of the molecule is CC1CCc2nnc(Cc3ccccc3Cl)n2C1. The number of benzene rings is 1. The van der Waals surface area contributed by atoms with Crippen LogP contribution in [0, 0.1) is 5.92 Å². The maximum absolute atomic E-state index is 6.20. The van der Waals surface area contributed by atoms with Crippen molar-refractivity contribution < 1.29 is 0 Å². The molecule has 1 aliphatic rings. The molecule has 0 bridgehead atoms. The summed E-state index contributed by atoms with van der Waals surface area (Å²) in [5, 5.41) is 9.41. The summed E-state index contributed by atoms with van der Waals surface area (Å²) in [6.07, 6.45) is 3.01. The average molecular weight is 262 g/mol. The molecule has 0 aliphatic carbocycles. The lowest BCUT2D eigenvalue weighted by Crippen LogP contribution is -2.20. The fourth-order valence-electron chi connectivity index (χ4n) is 2.49. The molecule has 0 saturated carbocycles. The van der Waals surface area contributed by atoms with Gasteiger partial charge < -0.3 is 4.57 Å². The molecule has 1 atom stereocenters. The van der Waals surface area contributed by atoms with Crippen LogP contribution in [0.25, 0.3) is 0 Å². The van der Waals surface area contributed by atoms with Gasteiger partial charge in [0.05, 0.1) is 0 Å². The maximum Gasteiger partial charge on any atom is 0.137 e. The van der Waals surface area contributed by atoms with Gasteiger partial charge >= 0.3 is 0 Å². The van der Waals surface area contributed by atoms with Gasteiger partial charge in [-0.3, -0.25) is 0 Å². The summed E-state index contributed by atoms with van der Waals surface area (Å²) < 4.78 is 2.26. The first-order valence-corrected chi connectivity index (χ1v) is 6.76. The van der Waals surface area contributed by atoms with E-state index >= 15 is 0 Å². The molecule has 2 heterocycles. The fraction of sp³-hybridized carbons (Fsp3) is 0.429. The Morgan fingerprint density at radius 2 is 2.17 bits per heavy atom. The summed E-state index contributed by atoms with van der Waals surface area (Å²) in [5.41, 5.74) is 1.12. The van der Waals surface area contributed by atoms with E-state index in [0.717, 1.165) is 41.6 Å². The normalized spacial score (nSPS) is 18.7. The maximum atomic E-state index is 6.20. The van der Waals surface area contributed by atoms with Gasteiger partial charge in [0.15, 0.2) is 0 Å². The zero-order chi connectivity index (χ0) is 12.5. The number of hydrogen-bond donors (Lipinski definition) is 0. The van der Waals surface area contributed by atoms with Gasteiger partial charge in [-0.05, 0) is 24.0 Å². The van der Waals surface area contributed by atoms with Crippen molar-refractivity contribution in [3.05, 3.63) is 46.5 Å². The highest BCUT2D eigenvalue weighted by Gasteiger charge is 2.20. The Labute approximate surface area is 112 Å². The van der Waals surface area contributed by atoms with Gasteiger partial charge in [0.1, 0.15) is 11.6 Å². The largest absolute Gasteiger partial charge is 0.314 e. The van der Waals surface area contributed by atoms with Crippen LogP contribution in [0.2, 0.25) is 5.02 Å². The average Bonchev–Trinajstić information content (AvgIpc) is 2.75. The molecule has 3 nitrogen and oxygen atoms in total. The topological polar surface area (TPSA) is 30.7 Å². The molecule has 94 valence electrons. The van der Waals surface area contributed by atoms with Crippen LogP contribution in [0.4, 0.5) is 0 Å². The summed E-state index contributed by atoms with van der Waals surface area (Å²) in [7, 11) is 0. The van der Waals surface area contributed by atoms with Crippen LogP contribution in [-0.2, 0) is 19.4 Å². The molecule has 1 unspecified atom stereocenters. The number of nitrogens with zero attached hydrogens (tertiary/aromatic N) is 3. The van der Waals surface area contributed by atoms with E-state index < -0.39 is 0 Å². The predicted molar refractivity (Wildman–Crippen MR) is 71.8 cm³/mol. The van der Waals surface area contributed by atoms with Gasteiger partial charge in [-0.2, -0.15) is 0 Å². The minimum Gasteiger partial charge on any atom is -0.314 e. The van der Waals surface area contributed by atoms with Crippen LogP contribution in [0.3, 0.4) is 0 Å². The van der Waals surface area contributed by atoms with E-state index in [4.69, 9.17) is 11.6 Å². The molecule has 0 amide bonds. The predicted octanol–water partition coefficient (Wildman–Crippen LogP) is 3.10.